The number of rotatable bonds is 6. The highest BCUT2D eigenvalue weighted by atomic mass is 32.2. The quantitative estimate of drug-likeness (QED) is 0.567. The van der Waals surface area contributed by atoms with Crippen molar-refractivity contribution in [2.75, 3.05) is 18.6 Å². The lowest BCUT2D eigenvalue weighted by Crippen LogP contribution is -2.62. The highest BCUT2D eigenvalue weighted by molar-refractivity contribution is 7.98. The molecule has 6 rings (SSSR count). The molecule has 0 amide bonds. The molecule has 4 heteroatoms. The molecular formula is C26H38N2S2. The van der Waals surface area contributed by atoms with Crippen LogP contribution in [0.2, 0.25) is 0 Å². The van der Waals surface area contributed by atoms with Crippen molar-refractivity contribution in [2.45, 2.75) is 69.2 Å². The number of hydrogen-bond acceptors (Lipinski definition) is 3. The van der Waals surface area contributed by atoms with Gasteiger partial charge in [-0.1, -0.05) is 42.5 Å². The van der Waals surface area contributed by atoms with Crippen LogP contribution >= 0.6 is 24.0 Å². The van der Waals surface area contributed by atoms with E-state index in [4.69, 9.17) is 18.0 Å². The summed E-state index contributed by atoms with van der Waals surface area (Å²) in [6.45, 7) is 0.848. The van der Waals surface area contributed by atoms with E-state index in [9.17, 15) is 0 Å². The molecule has 2 nitrogen and oxygen atoms in total. The van der Waals surface area contributed by atoms with E-state index < -0.39 is 0 Å². The molecule has 0 spiro atoms. The molecule has 5 aliphatic rings. The van der Waals surface area contributed by atoms with Gasteiger partial charge in [0.1, 0.15) is 0 Å². The second-order valence-corrected chi connectivity index (χ2v) is 12.3. The van der Waals surface area contributed by atoms with Crippen molar-refractivity contribution in [3.63, 3.8) is 0 Å². The van der Waals surface area contributed by atoms with Gasteiger partial charge < -0.3 is 11.1 Å². The zero-order chi connectivity index (χ0) is 20.8. The molecule has 0 aliphatic heterocycles. The first-order valence-electron chi connectivity index (χ1n) is 12.1. The average molecular weight is 443 g/mol. The van der Waals surface area contributed by atoms with Gasteiger partial charge in [-0.15, -0.1) is 0 Å². The Balaban J connectivity index is 1.39. The molecule has 0 aromatic heterocycles. The molecule has 0 radical (unpaired) electrons. The van der Waals surface area contributed by atoms with E-state index in [0.717, 1.165) is 30.2 Å². The number of benzene rings is 1. The summed E-state index contributed by atoms with van der Waals surface area (Å²) in [5.74, 6) is 4.63. The summed E-state index contributed by atoms with van der Waals surface area (Å²) >= 11 is 8.30. The molecule has 5 saturated carbocycles. The third kappa shape index (κ3) is 3.65. The summed E-state index contributed by atoms with van der Waals surface area (Å²) in [5, 5.41) is 3.92. The Labute approximate surface area is 192 Å². The van der Waals surface area contributed by atoms with Crippen LogP contribution in [0.15, 0.2) is 30.3 Å². The fourth-order valence-electron chi connectivity index (χ4n) is 7.99. The Morgan fingerprint density at radius 1 is 1.07 bits per heavy atom. The highest BCUT2D eigenvalue weighted by Gasteiger charge is 2.62. The summed E-state index contributed by atoms with van der Waals surface area (Å²) in [7, 11) is 0. The van der Waals surface area contributed by atoms with Crippen molar-refractivity contribution in [3.8, 4) is 0 Å². The average Bonchev–Trinajstić information content (AvgIpc) is 2.77. The van der Waals surface area contributed by atoms with E-state index in [1.165, 1.54) is 68.5 Å². The molecule has 3 N–H and O–H groups in total. The van der Waals surface area contributed by atoms with Gasteiger partial charge in [-0.05, 0) is 111 Å². The highest BCUT2D eigenvalue weighted by Crippen LogP contribution is 2.68. The predicted octanol–water partition coefficient (Wildman–Crippen LogP) is 5.55. The number of hydrogen-bond donors (Lipinski definition) is 2. The van der Waals surface area contributed by atoms with Gasteiger partial charge in [-0.2, -0.15) is 11.8 Å². The van der Waals surface area contributed by atoms with Gasteiger partial charge in [-0.3, -0.25) is 0 Å². The van der Waals surface area contributed by atoms with Crippen LogP contribution in [0, 0.1) is 29.1 Å². The topological polar surface area (TPSA) is 38.0 Å². The molecular weight excluding hydrogens is 404 g/mol. The summed E-state index contributed by atoms with van der Waals surface area (Å²) < 4.78 is 0. The minimum atomic E-state index is 0.233. The molecule has 164 valence electrons. The minimum absolute atomic E-state index is 0.233. The SMILES string of the molecule is CSCC1C2CC3(C(=S)NC4CCC(CN)CC4)CC1CC(c1ccccc1)(C2)C3. The molecule has 30 heavy (non-hydrogen) atoms. The van der Waals surface area contributed by atoms with Gasteiger partial charge in [-0.25, -0.2) is 0 Å². The predicted molar refractivity (Wildman–Crippen MR) is 133 cm³/mol. The first kappa shape index (κ1) is 21.3. The third-order valence-corrected chi connectivity index (χ3v) is 10.5. The van der Waals surface area contributed by atoms with Gasteiger partial charge in [0.15, 0.2) is 0 Å². The summed E-state index contributed by atoms with van der Waals surface area (Å²) in [4.78, 5) is 1.22. The zero-order valence-corrected chi connectivity index (χ0v) is 20.1. The molecule has 5 aliphatic carbocycles. The Morgan fingerprint density at radius 3 is 2.33 bits per heavy atom. The summed E-state index contributed by atoms with van der Waals surface area (Å²) in [6, 6.07) is 12.0. The van der Waals surface area contributed by atoms with Crippen molar-refractivity contribution in [1.29, 1.82) is 0 Å². The Kier molecular flexibility index (Phi) is 5.96. The van der Waals surface area contributed by atoms with E-state index in [1.54, 1.807) is 5.56 Å². The maximum absolute atomic E-state index is 6.25. The van der Waals surface area contributed by atoms with E-state index in [1.807, 2.05) is 0 Å². The largest absolute Gasteiger partial charge is 0.376 e. The minimum Gasteiger partial charge on any atom is -0.376 e. The van der Waals surface area contributed by atoms with Crippen LogP contribution in [-0.4, -0.2) is 29.6 Å². The van der Waals surface area contributed by atoms with Crippen LogP contribution in [0.25, 0.3) is 0 Å². The standard InChI is InChI=1S/C26H38N2S2/c1-30-16-23-19-11-25(21-5-3-2-4-6-21)12-20(23)14-26(13-19,17-25)24(29)28-22-9-7-18(15-27)8-10-22/h2-6,18-20,22-23H,7-17,27H2,1H3,(H,28,29). The van der Waals surface area contributed by atoms with Gasteiger partial charge in [0, 0.05) is 11.5 Å². The second kappa shape index (κ2) is 8.41. The van der Waals surface area contributed by atoms with E-state index in [2.05, 4.69) is 53.7 Å². The molecule has 0 saturated heterocycles. The van der Waals surface area contributed by atoms with Crippen molar-refractivity contribution in [2.24, 2.45) is 34.8 Å². The normalized spacial score (nSPS) is 42.3. The number of thiocarbonyl (C=S) groups is 1. The number of nitrogens with one attached hydrogen (secondary N) is 1. The van der Waals surface area contributed by atoms with Crippen LogP contribution in [-0.2, 0) is 5.41 Å². The lowest BCUT2D eigenvalue weighted by Gasteiger charge is -2.65. The van der Waals surface area contributed by atoms with Crippen molar-refractivity contribution in [3.05, 3.63) is 35.9 Å². The molecule has 1 aromatic carbocycles. The van der Waals surface area contributed by atoms with Crippen LogP contribution in [0.3, 0.4) is 0 Å². The van der Waals surface area contributed by atoms with Crippen molar-refractivity contribution in [1.82, 2.24) is 5.32 Å². The van der Waals surface area contributed by atoms with Gasteiger partial charge in [0.05, 0.1) is 4.99 Å². The summed E-state index contributed by atoms with van der Waals surface area (Å²) in [5.41, 5.74) is 8.08. The monoisotopic (exact) mass is 442 g/mol. The number of thioether (sulfide) groups is 1. The Bertz CT molecular complexity index is 740. The van der Waals surface area contributed by atoms with Gasteiger partial charge in [0.25, 0.3) is 0 Å². The molecule has 2 atom stereocenters. The van der Waals surface area contributed by atoms with Crippen LogP contribution in [0.5, 0.6) is 0 Å². The first-order chi connectivity index (χ1) is 14.6. The van der Waals surface area contributed by atoms with Gasteiger partial charge in [0.2, 0.25) is 0 Å². The Morgan fingerprint density at radius 2 is 1.73 bits per heavy atom. The molecule has 2 unspecified atom stereocenters. The van der Waals surface area contributed by atoms with Crippen LogP contribution in [0.1, 0.15) is 63.4 Å². The lowest BCUT2D eigenvalue weighted by molar-refractivity contribution is -0.0732. The maximum atomic E-state index is 6.25. The molecule has 1 aromatic rings. The second-order valence-electron chi connectivity index (χ2n) is 11.0. The summed E-state index contributed by atoms with van der Waals surface area (Å²) in [6.07, 6.45) is 14.0. The van der Waals surface area contributed by atoms with Crippen LogP contribution in [0.4, 0.5) is 0 Å². The van der Waals surface area contributed by atoms with Gasteiger partial charge >= 0.3 is 0 Å². The molecule has 4 bridgehead atoms. The third-order valence-electron chi connectivity index (χ3n) is 9.24. The zero-order valence-electron chi connectivity index (χ0n) is 18.4. The van der Waals surface area contributed by atoms with Crippen molar-refractivity contribution >= 4 is 29.0 Å². The van der Waals surface area contributed by atoms with E-state index in [-0.39, 0.29) is 5.41 Å². The van der Waals surface area contributed by atoms with E-state index >= 15 is 0 Å². The fourth-order valence-corrected chi connectivity index (χ4v) is 9.32. The van der Waals surface area contributed by atoms with Crippen LogP contribution < -0.4 is 11.1 Å². The molecule has 0 heterocycles. The number of nitrogens with two attached hydrogens (primary N) is 1. The smallest absolute Gasteiger partial charge is 0.0818 e. The fraction of sp³-hybridized carbons (Fsp3) is 0.731. The molecule has 5 fully saturated rings. The lowest BCUT2D eigenvalue weighted by atomic mass is 9.40. The maximum Gasteiger partial charge on any atom is 0.0818 e. The Hall–Kier alpha value is -0.580. The first-order valence-corrected chi connectivity index (χ1v) is 13.9. The van der Waals surface area contributed by atoms with Crippen molar-refractivity contribution < 1.29 is 0 Å². The van der Waals surface area contributed by atoms with E-state index in [0.29, 0.717) is 11.5 Å².